The monoisotopic (exact) mass is 568 g/mol. The summed E-state index contributed by atoms with van der Waals surface area (Å²) in [5, 5.41) is 11.6. The van der Waals surface area contributed by atoms with E-state index in [0.29, 0.717) is 6.61 Å². The number of hydrogen-bond donors (Lipinski definition) is 1. The van der Waals surface area contributed by atoms with Gasteiger partial charge in [-0.25, -0.2) is 0 Å². The molecule has 0 fully saturated rings. The molecule has 0 atom stereocenters. The van der Waals surface area contributed by atoms with Crippen molar-refractivity contribution in [3.05, 3.63) is 107 Å². The quantitative estimate of drug-likeness (QED) is 0.213. The molecule has 192 valence electrons. The van der Waals surface area contributed by atoms with Gasteiger partial charge >= 0.3 is 232 Å². The number of fused-ring (bicyclic) bond motifs is 2. The van der Waals surface area contributed by atoms with Crippen molar-refractivity contribution in [1.29, 1.82) is 0 Å². The molecule has 0 unspecified atom stereocenters. The van der Waals surface area contributed by atoms with Gasteiger partial charge < -0.3 is 0 Å². The Labute approximate surface area is 231 Å². The topological polar surface area (TPSA) is 46.5 Å². The first-order chi connectivity index (χ1) is 18.1. The molecule has 0 bridgehead atoms. The van der Waals surface area contributed by atoms with E-state index in [2.05, 4.69) is 93.0 Å². The van der Waals surface area contributed by atoms with Crippen LogP contribution < -0.4 is 9.20 Å². The van der Waals surface area contributed by atoms with Crippen molar-refractivity contribution in [3.8, 4) is 16.5 Å². The Kier molecular flexibility index (Phi) is 7.10. The van der Waals surface area contributed by atoms with Crippen molar-refractivity contribution < 1.29 is 14.6 Å². The van der Waals surface area contributed by atoms with Gasteiger partial charge in [-0.2, -0.15) is 0 Å². The van der Waals surface area contributed by atoms with Crippen LogP contribution in [0.5, 0.6) is 5.75 Å². The van der Waals surface area contributed by atoms with E-state index < -0.39 is 5.97 Å². The van der Waals surface area contributed by atoms with E-state index in [9.17, 15) is 4.79 Å². The number of hydrogen-bond acceptors (Lipinski definition) is 2. The first-order valence-electron chi connectivity index (χ1n) is 12.9. The summed E-state index contributed by atoms with van der Waals surface area (Å²) in [4.78, 5) is 14.5. The average molecular weight is 568 g/mol. The molecule has 0 spiro atoms. The summed E-state index contributed by atoms with van der Waals surface area (Å²) in [6.45, 7) is 9.85. The van der Waals surface area contributed by atoms with Gasteiger partial charge in [-0.05, 0) is 0 Å². The van der Waals surface area contributed by atoms with Gasteiger partial charge in [0.05, 0.1) is 0 Å². The Morgan fingerprint density at radius 1 is 0.895 bits per heavy atom. The molecule has 0 saturated carbocycles. The molecular formula is C34H32O3Se. The minimum atomic E-state index is -0.926. The normalized spacial score (nSPS) is 15.3. The molecule has 1 aliphatic rings. The van der Waals surface area contributed by atoms with E-state index >= 15 is 0 Å². The Hall–Kier alpha value is -3.51. The molecular weight excluding hydrogens is 535 g/mol. The average Bonchev–Trinajstić information content (AvgIpc) is 2.90. The molecule has 4 aromatic carbocycles. The SMILES string of the molecule is CC1(C)CCC(C)(C)c2c(OCc3ccc4ccccc4c3)cc([Se]C#Cc3ccc(C(=O)O)cc3)cc21. The van der Waals surface area contributed by atoms with Gasteiger partial charge in [-0.3, -0.25) is 0 Å². The van der Waals surface area contributed by atoms with Crippen molar-refractivity contribution >= 4 is 36.2 Å². The van der Waals surface area contributed by atoms with Gasteiger partial charge in [-0.1, -0.05) is 0 Å². The zero-order valence-corrected chi connectivity index (χ0v) is 24.0. The number of benzene rings is 4. The van der Waals surface area contributed by atoms with Gasteiger partial charge in [-0.15, -0.1) is 0 Å². The Morgan fingerprint density at radius 2 is 1.61 bits per heavy atom. The number of rotatable bonds is 5. The molecule has 4 aromatic rings. The third kappa shape index (κ3) is 5.51. The third-order valence-corrected chi connectivity index (χ3v) is 8.98. The van der Waals surface area contributed by atoms with Crippen molar-refractivity contribution in [3.63, 3.8) is 0 Å². The fourth-order valence-corrected chi connectivity index (χ4v) is 6.53. The van der Waals surface area contributed by atoms with Crippen LogP contribution in [0.15, 0.2) is 78.9 Å². The van der Waals surface area contributed by atoms with Crippen LogP contribution in [0.1, 0.15) is 73.1 Å². The number of aromatic carboxylic acids is 1. The fourth-order valence-electron chi connectivity index (χ4n) is 5.21. The van der Waals surface area contributed by atoms with Gasteiger partial charge in [0, 0.05) is 0 Å². The Morgan fingerprint density at radius 3 is 2.34 bits per heavy atom. The maximum absolute atomic E-state index is 11.1. The summed E-state index contributed by atoms with van der Waals surface area (Å²) < 4.78 is 7.81. The zero-order valence-electron chi connectivity index (χ0n) is 22.3. The van der Waals surface area contributed by atoms with E-state index in [0.717, 1.165) is 29.7 Å². The van der Waals surface area contributed by atoms with Crippen molar-refractivity contribution in [2.24, 2.45) is 0 Å². The van der Waals surface area contributed by atoms with E-state index in [4.69, 9.17) is 9.84 Å². The molecule has 3 nitrogen and oxygen atoms in total. The van der Waals surface area contributed by atoms with E-state index in [1.165, 1.54) is 26.4 Å². The van der Waals surface area contributed by atoms with Gasteiger partial charge in [0.2, 0.25) is 0 Å². The predicted octanol–water partition coefficient (Wildman–Crippen LogP) is 6.80. The van der Waals surface area contributed by atoms with Gasteiger partial charge in [0.25, 0.3) is 0 Å². The first-order valence-corrected chi connectivity index (χ1v) is 14.6. The zero-order chi connectivity index (χ0) is 26.9. The van der Waals surface area contributed by atoms with Crippen LogP contribution in [-0.2, 0) is 17.4 Å². The number of ether oxygens (including phenoxy) is 1. The molecule has 4 heteroatoms. The summed E-state index contributed by atoms with van der Waals surface area (Å²) in [5.41, 5.74) is 5.05. The molecule has 0 heterocycles. The van der Waals surface area contributed by atoms with Crippen molar-refractivity contribution in [2.75, 3.05) is 0 Å². The molecule has 1 N–H and O–H groups in total. The molecule has 5 rings (SSSR count). The number of carboxylic acid groups (broad SMARTS) is 1. The summed E-state index contributed by atoms with van der Waals surface area (Å²) >= 11 is -0.0702. The minimum absolute atomic E-state index is 0.0344. The molecule has 38 heavy (non-hydrogen) atoms. The van der Waals surface area contributed by atoms with Crippen LogP contribution in [-0.4, -0.2) is 26.0 Å². The molecule has 0 aromatic heterocycles. The maximum atomic E-state index is 11.1. The van der Waals surface area contributed by atoms with E-state index in [-0.39, 0.29) is 31.4 Å². The third-order valence-electron chi connectivity index (χ3n) is 7.56. The van der Waals surface area contributed by atoms with Crippen LogP contribution in [0, 0.1) is 10.7 Å². The predicted molar refractivity (Wildman–Crippen MR) is 156 cm³/mol. The van der Waals surface area contributed by atoms with Crippen LogP contribution in [0.25, 0.3) is 10.8 Å². The van der Waals surface area contributed by atoms with Crippen molar-refractivity contribution in [1.82, 2.24) is 0 Å². The fraction of sp³-hybridized carbons (Fsp3) is 0.265. The van der Waals surface area contributed by atoms with Crippen LogP contribution >= 0.6 is 0 Å². The van der Waals surface area contributed by atoms with Gasteiger partial charge in [0.15, 0.2) is 0 Å². The second-order valence-electron chi connectivity index (χ2n) is 11.3. The van der Waals surface area contributed by atoms with Gasteiger partial charge in [0.1, 0.15) is 0 Å². The standard InChI is InChI=1S/C34H32O3Se/c1-33(2)16-17-34(3,4)31-29(33)20-28(38-18-15-23-9-13-26(14-10-23)32(35)36)21-30(31)37-22-24-11-12-25-7-5-6-8-27(25)19-24/h5-14,19-21H,16-17,22H2,1-4H3,(H,35,36). The summed E-state index contributed by atoms with van der Waals surface area (Å²) in [6.07, 6.45) is 2.26. The molecule has 0 saturated heterocycles. The van der Waals surface area contributed by atoms with Crippen molar-refractivity contribution in [2.45, 2.75) is 58.0 Å². The second-order valence-corrected chi connectivity index (χ2v) is 13.1. The Balaban J connectivity index is 1.46. The molecule has 1 aliphatic carbocycles. The van der Waals surface area contributed by atoms with Crippen LogP contribution in [0.4, 0.5) is 0 Å². The Bertz CT molecular complexity index is 1570. The number of carboxylic acids is 1. The molecule has 0 radical (unpaired) electrons. The molecule has 0 aliphatic heterocycles. The summed E-state index contributed by atoms with van der Waals surface area (Å²) in [6, 6.07) is 26.2. The first kappa shape index (κ1) is 26.1. The summed E-state index contributed by atoms with van der Waals surface area (Å²) in [7, 11) is 0. The second kappa shape index (κ2) is 10.3. The van der Waals surface area contributed by atoms with E-state index in [1.807, 2.05) is 0 Å². The molecule has 0 amide bonds. The van der Waals surface area contributed by atoms with Crippen LogP contribution in [0.3, 0.4) is 0 Å². The van der Waals surface area contributed by atoms with Crippen LogP contribution in [0.2, 0.25) is 0 Å². The van der Waals surface area contributed by atoms with E-state index in [1.54, 1.807) is 24.3 Å². The summed E-state index contributed by atoms with van der Waals surface area (Å²) in [5.74, 6) is 3.26. The number of carbonyl (C=O) groups is 1.